The average Bonchev–Trinajstić information content (AvgIpc) is 2.14. The fourth-order valence-electron chi connectivity index (χ4n) is 0.717. The summed E-state index contributed by atoms with van der Waals surface area (Å²) in [7, 11) is 0. The van der Waals surface area contributed by atoms with Crippen LogP contribution in [0, 0.1) is 0 Å². The Morgan fingerprint density at radius 1 is 1.45 bits per heavy atom. The third-order valence-corrected chi connectivity index (χ3v) is 1.72. The van der Waals surface area contributed by atoms with Gasteiger partial charge in [-0.25, -0.2) is 4.21 Å². The second kappa shape index (κ2) is 4.10. The maximum Gasteiger partial charge on any atom is 0.158 e. The molecule has 1 aliphatic rings. The number of allylic oxidation sites excluding steroid dienone is 4. The largest absolute Gasteiger partial charge is 0.364 e. The fourth-order valence-corrected chi connectivity index (χ4v) is 1.16. The van der Waals surface area contributed by atoms with Gasteiger partial charge in [0.15, 0.2) is 11.1 Å². The molecular weight excluding hydrogens is 162 g/mol. The zero-order valence-corrected chi connectivity index (χ0v) is 6.67. The summed E-state index contributed by atoms with van der Waals surface area (Å²) in [4.78, 5) is 0. The monoisotopic (exact) mass is 171 g/mol. The second-order valence-corrected chi connectivity index (χ2v) is 2.98. The van der Waals surface area contributed by atoms with E-state index >= 15 is 0 Å². The van der Waals surface area contributed by atoms with Gasteiger partial charge in [-0.3, -0.25) is 0 Å². The summed E-state index contributed by atoms with van der Waals surface area (Å²) in [5.41, 5.74) is 0.746. The van der Waals surface area contributed by atoms with Gasteiger partial charge >= 0.3 is 0 Å². The predicted octanol–water partition coefficient (Wildman–Crippen LogP) is 0.765. The molecule has 1 atom stereocenters. The lowest BCUT2D eigenvalue weighted by molar-refractivity contribution is 0.566. The molecule has 60 valence electrons. The Morgan fingerprint density at radius 3 is 3.00 bits per heavy atom. The Kier molecular flexibility index (Phi) is 3.07. The molecule has 0 amide bonds. The Labute approximate surface area is 67.8 Å². The molecule has 1 unspecified atom stereocenters. The summed E-state index contributed by atoms with van der Waals surface area (Å²) in [6.45, 7) is 0. The van der Waals surface area contributed by atoms with Crippen LogP contribution in [0.1, 0.15) is 0 Å². The maximum atomic E-state index is 10.4. The third-order valence-electron chi connectivity index (χ3n) is 1.16. The van der Waals surface area contributed by atoms with Crippen LogP contribution < -0.4 is 5.32 Å². The predicted molar refractivity (Wildman–Crippen MR) is 45.1 cm³/mol. The highest BCUT2D eigenvalue weighted by Crippen LogP contribution is 1.96. The first-order valence-corrected chi connectivity index (χ1v) is 4.43. The van der Waals surface area contributed by atoms with Crippen LogP contribution in [-0.4, -0.2) is 14.5 Å². The van der Waals surface area contributed by atoms with E-state index in [1.165, 1.54) is 0 Å². The summed E-state index contributed by atoms with van der Waals surface area (Å²) in [6, 6.07) is 0. The van der Waals surface area contributed by atoms with Crippen molar-refractivity contribution in [3.05, 3.63) is 36.2 Å². The van der Waals surface area contributed by atoms with E-state index in [0.717, 1.165) is 5.70 Å². The number of hydrogen-bond acceptors (Lipinski definition) is 2. The summed E-state index contributed by atoms with van der Waals surface area (Å²) in [6.07, 6.45) is 8.99. The first-order valence-electron chi connectivity index (χ1n) is 3.15. The maximum absolute atomic E-state index is 10.4. The lowest BCUT2D eigenvalue weighted by atomic mass is 10.4. The lowest BCUT2D eigenvalue weighted by Gasteiger charge is -2.00. The van der Waals surface area contributed by atoms with Crippen molar-refractivity contribution < 1.29 is 8.76 Å². The molecule has 0 aliphatic carbocycles. The number of hydrogen-bond donors (Lipinski definition) is 2. The molecule has 1 heterocycles. The molecule has 0 aromatic heterocycles. The van der Waals surface area contributed by atoms with Crippen molar-refractivity contribution in [1.82, 2.24) is 5.32 Å². The molecule has 1 rings (SSSR count). The quantitative estimate of drug-likeness (QED) is 0.603. The third kappa shape index (κ3) is 3.15. The van der Waals surface area contributed by atoms with E-state index in [4.69, 9.17) is 4.55 Å². The van der Waals surface area contributed by atoms with Crippen LogP contribution >= 0.6 is 0 Å². The topological polar surface area (TPSA) is 49.3 Å². The Hall–Kier alpha value is -0.870. The summed E-state index contributed by atoms with van der Waals surface area (Å²) in [5.74, 6) is 0.147. The summed E-state index contributed by atoms with van der Waals surface area (Å²) < 4.78 is 18.9. The van der Waals surface area contributed by atoms with Crippen LogP contribution in [0.25, 0.3) is 0 Å². The molecule has 3 nitrogen and oxygen atoms in total. The van der Waals surface area contributed by atoms with Gasteiger partial charge in [-0.15, -0.1) is 0 Å². The van der Waals surface area contributed by atoms with Gasteiger partial charge in [0.25, 0.3) is 0 Å². The van der Waals surface area contributed by atoms with E-state index in [9.17, 15) is 4.21 Å². The Bertz CT molecular complexity index is 243. The van der Waals surface area contributed by atoms with Gasteiger partial charge in [0.1, 0.15) is 0 Å². The van der Waals surface area contributed by atoms with Gasteiger partial charge in [-0.1, -0.05) is 12.2 Å². The van der Waals surface area contributed by atoms with Crippen molar-refractivity contribution >= 4 is 11.1 Å². The minimum Gasteiger partial charge on any atom is -0.364 e. The normalized spacial score (nSPS) is 18.5. The fraction of sp³-hybridized carbons (Fsp3) is 0.143. The first-order chi connectivity index (χ1) is 5.29. The first kappa shape index (κ1) is 8.23. The molecule has 0 radical (unpaired) electrons. The smallest absolute Gasteiger partial charge is 0.158 e. The van der Waals surface area contributed by atoms with Crippen LogP contribution in [0.3, 0.4) is 0 Å². The second-order valence-electron chi connectivity index (χ2n) is 2.05. The van der Waals surface area contributed by atoms with Gasteiger partial charge in [-0.05, 0) is 12.2 Å². The highest BCUT2D eigenvalue weighted by atomic mass is 32.2. The minimum absolute atomic E-state index is 0.147. The van der Waals surface area contributed by atoms with Crippen LogP contribution in [-0.2, 0) is 11.1 Å². The molecule has 0 saturated heterocycles. The number of rotatable bonds is 2. The Balaban J connectivity index is 2.57. The summed E-state index contributed by atoms with van der Waals surface area (Å²) >= 11 is -1.77. The number of nitrogens with one attached hydrogen (secondary N) is 1. The van der Waals surface area contributed by atoms with Gasteiger partial charge in [-0.2, -0.15) is 0 Å². The van der Waals surface area contributed by atoms with Crippen LogP contribution in [0.5, 0.6) is 0 Å². The molecule has 0 aromatic rings. The molecule has 0 fully saturated rings. The average molecular weight is 171 g/mol. The summed E-state index contributed by atoms with van der Waals surface area (Å²) in [5, 5.41) is 2.88. The molecule has 0 saturated carbocycles. The molecule has 4 heteroatoms. The van der Waals surface area contributed by atoms with Gasteiger partial charge in [0.2, 0.25) is 0 Å². The van der Waals surface area contributed by atoms with Crippen LogP contribution in [0.4, 0.5) is 0 Å². The van der Waals surface area contributed by atoms with E-state index < -0.39 is 11.1 Å². The standard InChI is InChI=1S/C7H9NO2S/c9-11(10)6-7-4-2-1-3-5-8-7/h1-5,8H,6H2,(H,9,10). The van der Waals surface area contributed by atoms with E-state index in [2.05, 4.69) is 5.32 Å². The molecule has 0 spiro atoms. The Morgan fingerprint density at radius 2 is 2.27 bits per heavy atom. The van der Waals surface area contributed by atoms with Crippen molar-refractivity contribution in [2.24, 2.45) is 0 Å². The minimum atomic E-state index is -1.77. The molecule has 0 bridgehead atoms. The van der Waals surface area contributed by atoms with Crippen molar-refractivity contribution in [3.63, 3.8) is 0 Å². The van der Waals surface area contributed by atoms with Gasteiger partial charge in [0, 0.05) is 11.9 Å². The van der Waals surface area contributed by atoms with Crippen molar-refractivity contribution in [2.45, 2.75) is 0 Å². The van der Waals surface area contributed by atoms with E-state index in [-0.39, 0.29) is 5.75 Å². The zero-order chi connectivity index (χ0) is 8.10. The molecule has 11 heavy (non-hydrogen) atoms. The van der Waals surface area contributed by atoms with E-state index in [1.807, 2.05) is 18.2 Å². The van der Waals surface area contributed by atoms with Crippen LogP contribution in [0.2, 0.25) is 0 Å². The molecule has 0 aromatic carbocycles. The van der Waals surface area contributed by atoms with Gasteiger partial charge in [0.05, 0.1) is 5.75 Å². The van der Waals surface area contributed by atoms with Crippen molar-refractivity contribution in [3.8, 4) is 0 Å². The van der Waals surface area contributed by atoms with E-state index in [1.54, 1.807) is 12.3 Å². The van der Waals surface area contributed by atoms with Crippen LogP contribution in [0.15, 0.2) is 36.2 Å². The van der Waals surface area contributed by atoms with E-state index in [0.29, 0.717) is 0 Å². The zero-order valence-electron chi connectivity index (χ0n) is 5.86. The highest BCUT2D eigenvalue weighted by molar-refractivity contribution is 7.79. The SMILES string of the molecule is O=S(O)CC1=CC=CC=CN1. The molecule has 2 N–H and O–H groups in total. The van der Waals surface area contributed by atoms with Gasteiger partial charge < -0.3 is 9.87 Å². The lowest BCUT2D eigenvalue weighted by Crippen LogP contribution is -2.11. The molecular formula is C7H9NO2S. The van der Waals surface area contributed by atoms with Crippen molar-refractivity contribution in [2.75, 3.05) is 5.75 Å². The molecule has 1 aliphatic heterocycles. The van der Waals surface area contributed by atoms with Crippen molar-refractivity contribution in [1.29, 1.82) is 0 Å². The highest BCUT2D eigenvalue weighted by Gasteiger charge is 1.98.